The van der Waals surface area contributed by atoms with Crippen LogP contribution in [0.25, 0.3) is 11.0 Å². The van der Waals surface area contributed by atoms with E-state index >= 15 is 0 Å². The van der Waals surface area contributed by atoms with E-state index < -0.39 is 20.6 Å². The minimum atomic E-state index is -4.29. The highest BCUT2D eigenvalue weighted by Gasteiger charge is 2.24. The van der Waals surface area contributed by atoms with E-state index in [1.54, 1.807) is 0 Å². The molecule has 1 aromatic heterocycles. The molecule has 9 nitrogen and oxygen atoms in total. The summed E-state index contributed by atoms with van der Waals surface area (Å²) in [6.07, 6.45) is 0. The predicted molar refractivity (Wildman–Crippen MR) is 82.7 cm³/mol. The summed E-state index contributed by atoms with van der Waals surface area (Å²) in [4.78, 5) is 24.2. The number of nitrogens with two attached hydrogens (primary N) is 1. The Morgan fingerprint density at radius 1 is 1.17 bits per heavy atom. The molecule has 23 heavy (non-hydrogen) atoms. The summed E-state index contributed by atoms with van der Waals surface area (Å²) in [6, 6.07) is 8.76. The van der Waals surface area contributed by atoms with Gasteiger partial charge < -0.3 is 10.7 Å². The summed E-state index contributed by atoms with van der Waals surface area (Å²) in [6.45, 7) is 0. The highest BCUT2D eigenvalue weighted by atomic mass is 32.2. The number of nitro groups is 1. The van der Waals surface area contributed by atoms with E-state index in [0.717, 1.165) is 12.1 Å². The third-order valence-corrected chi connectivity index (χ3v) is 4.93. The van der Waals surface area contributed by atoms with Crippen molar-refractivity contribution in [3.8, 4) is 0 Å². The van der Waals surface area contributed by atoms with Gasteiger partial charge in [-0.2, -0.15) is 3.97 Å². The van der Waals surface area contributed by atoms with Gasteiger partial charge in [0.05, 0.1) is 20.9 Å². The Kier molecular flexibility index (Phi) is 3.18. The van der Waals surface area contributed by atoms with Crippen LogP contribution < -0.4 is 11.4 Å². The lowest BCUT2D eigenvalue weighted by atomic mass is 10.3. The van der Waals surface area contributed by atoms with Gasteiger partial charge in [0.25, 0.3) is 15.7 Å². The van der Waals surface area contributed by atoms with Gasteiger partial charge in [0, 0.05) is 17.8 Å². The second-order valence-electron chi connectivity index (χ2n) is 4.73. The van der Waals surface area contributed by atoms with Gasteiger partial charge >= 0.3 is 5.69 Å². The van der Waals surface area contributed by atoms with Crippen LogP contribution in [0.1, 0.15) is 0 Å². The number of H-pyrrole nitrogens is 1. The van der Waals surface area contributed by atoms with E-state index in [2.05, 4.69) is 4.98 Å². The van der Waals surface area contributed by atoms with Gasteiger partial charge in [-0.15, -0.1) is 0 Å². The van der Waals surface area contributed by atoms with Crippen molar-refractivity contribution in [2.45, 2.75) is 4.90 Å². The molecule has 0 aliphatic heterocycles. The lowest BCUT2D eigenvalue weighted by Gasteiger charge is -2.05. The van der Waals surface area contributed by atoms with Crippen LogP contribution in [0.3, 0.4) is 0 Å². The molecule has 1 heterocycles. The van der Waals surface area contributed by atoms with Gasteiger partial charge in [0.1, 0.15) is 0 Å². The van der Waals surface area contributed by atoms with Gasteiger partial charge in [-0.05, 0) is 24.3 Å². The molecule has 0 radical (unpaired) electrons. The van der Waals surface area contributed by atoms with Crippen molar-refractivity contribution in [3.63, 3.8) is 0 Å². The summed E-state index contributed by atoms with van der Waals surface area (Å²) in [5.74, 6) is 0. The fourth-order valence-electron chi connectivity index (χ4n) is 2.21. The molecular formula is C13H10N4O5S. The number of non-ortho nitro benzene ring substituents is 1. The zero-order chi connectivity index (χ0) is 16.8. The SMILES string of the molecule is Nc1ccc2c(c1)[nH]c(=O)n2S(=O)(=O)c1cccc([N+](=O)[O-])c1. The van der Waals surface area contributed by atoms with Crippen molar-refractivity contribution in [1.29, 1.82) is 0 Å². The van der Waals surface area contributed by atoms with E-state index in [4.69, 9.17) is 5.73 Å². The summed E-state index contributed by atoms with van der Waals surface area (Å²) in [5.41, 5.74) is 5.06. The number of nitrogen functional groups attached to an aromatic ring is 1. The van der Waals surface area contributed by atoms with Gasteiger partial charge in [-0.1, -0.05) is 6.07 Å². The third-order valence-electron chi connectivity index (χ3n) is 3.23. The largest absolute Gasteiger partial charge is 0.399 e. The lowest BCUT2D eigenvalue weighted by Crippen LogP contribution is -2.25. The molecule has 0 atom stereocenters. The molecule has 3 aromatic rings. The first-order chi connectivity index (χ1) is 10.8. The molecule has 10 heteroatoms. The number of benzene rings is 2. The van der Waals surface area contributed by atoms with Gasteiger partial charge in [-0.25, -0.2) is 13.2 Å². The topological polar surface area (TPSA) is 141 Å². The Labute approximate surface area is 129 Å². The molecule has 0 unspecified atom stereocenters. The first kappa shape index (κ1) is 14.8. The highest BCUT2D eigenvalue weighted by Crippen LogP contribution is 2.22. The van der Waals surface area contributed by atoms with Crippen LogP contribution in [0.15, 0.2) is 52.2 Å². The lowest BCUT2D eigenvalue weighted by molar-refractivity contribution is -0.385. The summed E-state index contributed by atoms with van der Waals surface area (Å²) in [5, 5.41) is 10.8. The van der Waals surface area contributed by atoms with E-state index in [1.807, 2.05) is 0 Å². The van der Waals surface area contributed by atoms with Gasteiger partial charge in [0.15, 0.2) is 0 Å². The van der Waals surface area contributed by atoms with Crippen molar-refractivity contribution in [3.05, 3.63) is 63.1 Å². The minimum Gasteiger partial charge on any atom is -0.399 e. The van der Waals surface area contributed by atoms with Crippen molar-refractivity contribution in [1.82, 2.24) is 8.96 Å². The maximum atomic E-state index is 12.7. The zero-order valence-electron chi connectivity index (χ0n) is 11.5. The average molecular weight is 334 g/mol. The first-order valence-corrected chi connectivity index (χ1v) is 7.75. The van der Waals surface area contributed by atoms with E-state index in [1.165, 1.54) is 30.3 Å². The fourth-order valence-corrected chi connectivity index (χ4v) is 3.62. The molecule has 0 amide bonds. The van der Waals surface area contributed by atoms with Crippen molar-refractivity contribution in [2.24, 2.45) is 0 Å². The number of hydrogen-bond donors (Lipinski definition) is 2. The Bertz CT molecular complexity index is 1100. The predicted octanol–water partition coefficient (Wildman–Crippen LogP) is 1.06. The normalized spacial score (nSPS) is 11.7. The minimum absolute atomic E-state index is 0.107. The van der Waals surface area contributed by atoms with Gasteiger partial charge in [0.2, 0.25) is 0 Å². The van der Waals surface area contributed by atoms with Crippen LogP contribution in [-0.4, -0.2) is 22.3 Å². The summed E-state index contributed by atoms with van der Waals surface area (Å²) < 4.78 is 25.9. The van der Waals surface area contributed by atoms with Crippen LogP contribution in [0.2, 0.25) is 0 Å². The molecule has 3 rings (SSSR count). The molecule has 0 aliphatic carbocycles. The number of nitro benzene ring substituents is 1. The van der Waals surface area contributed by atoms with Crippen molar-refractivity contribution in [2.75, 3.05) is 5.73 Å². The Balaban J connectivity index is 2.29. The molecule has 0 aliphatic rings. The van der Waals surface area contributed by atoms with E-state index in [9.17, 15) is 23.3 Å². The molecular weight excluding hydrogens is 324 g/mol. The van der Waals surface area contributed by atoms with Crippen molar-refractivity contribution >= 4 is 32.4 Å². The molecule has 0 saturated carbocycles. The maximum absolute atomic E-state index is 12.7. The second-order valence-corrected chi connectivity index (χ2v) is 6.52. The zero-order valence-corrected chi connectivity index (χ0v) is 12.3. The number of aromatic nitrogens is 2. The quantitative estimate of drug-likeness (QED) is 0.417. The summed E-state index contributed by atoms with van der Waals surface area (Å²) >= 11 is 0. The standard InChI is InChI=1S/C13H10N4O5S/c14-8-4-5-12-11(6-8)15-13(18)16(12)23(21,22)10-3-1-2-9(7-10)17(19)20/h1-7H,14H2,(H,15,18). The second kappa shape index (κ2) is 4.95. The Morgan fingerprint density at radius 3 is 2.61 bits per heavy atom. The number of hydrogen-bond acceptors (Lipinski definition) is 6. The number of nitrogens with zero attached hydrogens (tertiary/aromatic N) is 2. The van der Waals surface area contributed by atoms with Crippen LogP contribution in [0.5, 0.6) is 0 Å². The van der Waals surface area contributed by atoms with Crippen LogP contribution in [0, 0.1) is 10.1 Å². The number of rotatable bonds is 3. The molecule has 118 valence electrons. The number of imidazole rings is 1. The molecule has 0 fully saturated rings. The summed E-state index contributed by atoms with van der Waals surface area (Å²) in [7, 11) is -4.29. The molecule has 2 aromatic carbocycles. The number of anilines is 1. The third kappa shape index (κ3) is 2.34. The van der Waals surface area contributed by atoms with Crippen molar-refractivity contribution < 1.29 is 13.3 Å². The number of nitrogens with one attached hydrogen (secondary N) is 1. The number of fused-ring (bicyclic) bond motifs is 1. The average Bonchev–Trinajstić information content (AvgIpc) is 2.82. The van der Waals surface area contributed by atoms with Crippen LogP contribution in [0.4, 0.5) is 11.4 Å². The maximum Gasteiger partial charge on any atom is 0.340 e. The monoisotopic (exact) mass is 334 g/mol. The van der Waals surface area contributed by atoms with E-state index in [-0.39, 0.29) is 21.6 Å². The van der Waals surface area contributed by atoms with E-state index in [0.29, 0.717) is 9.66 Å². The molecule has 0 spiro atoms. The molecule has 3 N–H and O–H groups in total. The number of aromatic amines is 1. The van der Waals surface area contributed by atoms with Crippen LogP contribution >= 0.6 is 0 Å². The molecule has 0 bridgehead atoms. The Hall–Kier alpha value is -3.14. The fraction of sp³-hybridized carbons (Fsp3) is 0. The smallest absolute Gasteiger partial charge is 0.340 e. The van der Waals surface area contributed by atoms with Crippen LogP contribution in [-0.2, 0) is 10.0 Å². The van der Waals surface area contributed by atoms with Gasteiger partial charge in [-0.3, -0.25) is 10.1 Å². The Morgan fingerprint density at radius 2 is 1.91 bits per heavy atom. The highest BCUT2D eigenvalue weighted by molar-refractivity contribution is 7.90. The molecule has 0 saturated heterocycles. The first-order valence-electron chi connectivity index (χ1n) is 6.31.